The molecule has 3 heterocycles. The molecule has 0 bridgehead atoms. The van der Waals surface area contributed by atoms with Crippen LogP contribution in [0.5, 0.6) is 0 Å². The van der Waals surface area contributed by atoms with Crippen LogP contribution in [0.1, 0.15) is 29.8 Å². The van der Waals surface area contributed by atoms with Crippen LogP contribution in [0.3, 0.4) is 0 Å². The smallest absolute Gasteiger partial charge is 0.276 e. The summed E-state index contributed by atoms with van der Waals surface area (Å²) in [5.41, 5.74) is 0.369. The lowest BCUT2D eigenvalue weighted by Crippen LogP contribution is -2.24. The Kier molecular flexibility index (Phi) is 4.29. The lowest BCUT2D eigenvalue weighted by molar-refractivity contribution is 0.00401. The predicted octanol–water partition coefficient (Wildman–Crippen LogP) is 0.788. The third-order valence-corrected chi connectivity index (χ3v) is 3.47. The lowest BCUT2D eigenvalue weighted by atomic mass is 10.1. The van der Waals surface area contributed by atoms with Crippen molar-refractivity contribution >= 4 is 11.6 Å². The van der Waals surface area contributed by atoms with E-state index in [1.807, 2.05) is 0 Å². The molecule has 3 rings (SSSR count). The van der Waals surface area contributed by atoms with Crippen LogP contribution in [0, 0.1) is 0 Å². The first-order valence-electron chi connectivity index (χ1n) is 7.22. The largest absolute Gasteiger partial charge is 0.376 e. The minimum atomic E-state index is -0.398. The van der Waals surface area contributed by atoms with Gasteiger partial charge >= 0.3 is 0 Å². The van der Waals surface area contributed by atoms with Gasteiger partial charge in [0.2, 0.25) is 0 Å². The van der Waals surface area contributed by atoms with Crippen molar-refractivity contribution in [1.29, 1.82) is 0 Å². The number of ether oxygens (including phenoxy) is 1. The number of H-pyrrole nitrogens is 1. The van der Waals surface area contributed by atoms with Crippen LogP contribution in [0.2, 0.25) is 0 Å². The monoisotopic (exact) mass is 303 g/mol. The van der Waals surface area contributed by atoms with Crippen LogP contribution in [0.25, 0.3) is 0 Å². The second-order valence-corrected chi connectivity index (χ2v) is 5.20. The summed E-state index contributed by atoms with van der Waals surface area (Å²) in [7, 11) is 0. The maximum atomic E-state index is 12.0. The number of aromatic amines is 1. The van der Waals surface area contributed by atoms with Crippen molar-refractivity contribution < 1.29 is 9.53 Å². The van der Waals surface area contributed by atoms with Gasteiger partial charge in [0.05, 0.1) is 24.5 Å². The summed E-state index contributed by atoms with van der Waals surface area (Å²) in [6.07, 6.45) is 6.82. The Morgan fingerprint density at radius 3 is 3.09 bits per heavy atom. The minimum absolute atomic E-state index is 0.142. The fourth-order valence-electron chi connectivity index (χ4n) is 2.35. The average molecular weight is 303 g/mol. The molecule has 1 aliphatic rings. The molecule has 2 aromatic rings. The molecule has 1 unspecified atom stereocenters. The van der Waals surface area contributed by atoms with E-state index < -0.39 is 5.91 Å². The summed E-state index contributed by atoms with van der Waals surface area (Å²) >= 11 is 0. The van der Waals surface area contributed by atoms with E-state index in [-0.39, 0.29) is 17.4 Å². The number of anilines is 1. The standard InChI is InChI=1S/C14H17N5O3/c20-13-5-4-12(17-18-13)14(21)16-10-7-15-19(8-10)9-11-3-1-2-6-22-11/h4-5,7-8,11H,1-3,6,9H2,(H,16,21)(H,18,20). The maximum Gasteiger partial charge on any atom is 0.276 e. The molecular formula is C14H17N5O3. The van der Waals surface area contributed by atoms with Crippen molar-refractivity contribution in [2.75, 3.05) is 11.9 Å². The Morgan fingerprint density at radius 2 is 2.36 bits per heavy atom. The van der Waals surface area contributed by atoms with Crippen molar-refractivity contribution in [1.82, 2.24) is 20.0 Å². The summed E-state index contributed by atoms with van der Waals surface area (Å²) in [5.74, 6) is -0.398. The molecular weight excluding hydrogens is 286 g/mol. The molecule has 0 radical (unpaired) electrons. The number of rotatable bonds is 4. The molecule has 0 saturated carbocycles. The van der Waals surface area contributed by atoms with Crippen LogP contribution >= 0.6 is 0 Å². The van der Waals surface area contributed by atoms with Gasteiger partial charge in [-0.05, 0) is 25.3 Å². The zero-order chi connectivity index (χ0) is 15.4. The van der Waals surface area contributed by atoms with Gasteiger partial charge in [-0.3, -0.25) is 14.3 Å². The van der Waals surface area contributed by atoms with Crippen LogP contribution in [0.15, 0.2) is 29.3 Å². The van der Waals surface area contributed by atoms with Gasteiger partial charge in [0, 0.05) is 18.9 Å². The molecule has 1 amide bonds. The Balaban J connectivity index is 1.60. The first-order valence-corrected chi connectivity index (χ1v) is 7.22. The molecule has 0 aromatic carbocycles. The molecule has 8 nitrogen and oxygen atoms in total. The van der Waals surface area contributed by atoms with Gasteiger partial charge in [0.25, 0.3) is 11.5 Å². The van der Waals surface area contributed by atoms with Gasteiger partial charge in [-0.1, -0.05) is 0 Å². The number of carbonyl (C=O) groups excluding carboxylic acids is 1. The quantitative estimate of drug-likeness (QED) is 0.869. The molecule has 22 heavy (non-hydrogen) atoms. The van der Waals surface area contributed by atoms with Crippen LogP contribution in [-0.2, 0) is 11.3 Å². The van der Waals surface area contributed by atoms with Crippen molar-refractivity contribution in [2.45, 2.75) is 31.9 Å². The van der Waals surface area contributed by atoms with E-state index in [2.05, 4.69) is 20.6 Å². The fraction of sp³-hybridized carbons (Fsp3) is 0.429. The number of hydrogen-bond donors (Lipinski definition) is 2. The van der Waals surface area contributed by atoms with E-state index in [0.29, 0.717) is 12.2 Å². The average Bonchev–Trinajstić information content (AvgIpc) is 2.96. The molecule has 116 valence electrons. The van der Waals surface area contributed by atoms with Gasteiger partial charge in [-0.2, -0.15) is 10.2 Å². The zero-order valence-corrected chi connectivity index (χ0v) is 12.0. The highest BCUT2D eigenvalue weighted by Crippen LogP contribution is 2.15. The van der Waals surface area contributed by atoms with Gasteiger partial charge < -0.3 is 10.1 Å². The van der Waals surface area contributed by atoms with Gasteiger partial charge in [0.1, 0.15) is 5.69 Å². The minimum Gasteiger partial charge on any atom is -0.376 e. The first-order chi connectivity index (χ1) is 10.7. The molecule has 1 saturated heterocycles. The molecule has 1 atom stereocenters. The maximum absolute atomic E-state index is 12.0. The third-order valence-electron chi connectivity index (χ3n) is 3.47. The number of nitrogens with one attached hydrogen (secondary N) is 2. The Labute approximate surface area is 126 Å². The highest BCUT2D eigenvalue weighted by molar-refractivity contribution is 6.02. The van der Waals surface area contributed by atoms with Gasteiger partial charge in [-0.25, -0.2) is 5.10 Å². The molecule has 2 N–H and O–H groups in total. The fourth-order valence-corrected chi connectivity index (χ4v) is 2.35. The Bertz CT molecular complexity index is 682. The molecule has 1 aliphatic heterocycles. The number of aromatic nitrogens is 4. The third kappa shape index (κ3) is 3.59. The van der Waals surface area contributed by atoms with Crippen LogP contribution in [0.4, 0.5) is 5.69 Å². The first kappa shape index (κ1) is 14.5. The van der Waals surface area contributed by atoms with Crippen LogP contribution < -0.4 is 10.9 Å². The summed E-state index contributed by atoms with van der Waals surface area (Å²) in [5, 5.41) is 12.8. The summed E-state index contributed by atoms with van der Waals surface area (Å²) in [4.78, 5) is 22.9. The molecule has 0 aliphatic carbocycles. The highest BCUT2D eigenvalue weighted by atomic mass is 16.5. The van der Waals surface area contributed by atoms with Crippen molar-refractivity contribution in [2.24, 2.45) is 0 Å². The van der Waals surface area contributed by atoms with Crippen molar-refractivity contribution in [3.05, 3.63) is 40.6 Å². The second kappa shape index (κ2) is 6.52. The summed E-state index contributed by atoms with van der Waals surface area (Å²) < 4.78 is 7.42. The number of carbonyl (C=O) groups is 1. The van der Waals surface area contributed by atoms with Gasteiger partial charge in [-0.15, -0.1) is 0 Å². The van der Waals surface area contributed by atoms with Crippen LogP contribution in [-0.4, -0.2) is 38.6 Å². The Hall–Kier alpha value is -2.48. The zero-order valence-electron chi connectivity index (χ0n) is 12.0. The van der Waals surface area contributed by atoms with Crippen molar-refractivity contribution in [3.63, 3.8) is 0 Å². The van der Waals surface area contributed by atoms with E-state index in [1.165, 1.54) is 18.6 Å². The summed E-state index contributed by atoms with van der Waals surface area (Å²) in [6, 6.07) is 2.63. The Morgan fingerprint density at radius 1 is 1.45 bits per heavy atom. The highest BCUT2D eigenvalue weighted by Gasteiger charge is 2.15. The number of amides is 1. The van der Waals surface area contributed by atoms with Crippen molar-refractivity contribution in [3.8, 4) is 0 Å². The van der Waals surface area contributed by atoms with E-state index in [1.54, 1.807) is 17.1 Å². The SMILES string of the molecule is O=C(Nc1cnn(CC2CCCCO2)c1)c1ccc(=O)[nH]n1. The predicted molar refractivity (Wildman–Crippen MR) is 78.6 cm³/mol. The van der Waals surface area contributed by atoms with Gasteiger partial charge in [0.15, 0.2) is 0 Å². The normalized spacial score (nSPS) is 18.1. The second-order valence-electron chi connectivity index (χ2n) is 5.20. The lowest BCUT2D eigenvalue weighted by Gasteiger charge is -2.22. The topological polar surface area (TPSA) is 102 Å². The summed E-state index contributed by atoms with van der Waals surface area (Å²) in [6.45, 7) is 1.47. The number of hydrogen-bond acceptors (Lipinski definition) is 5. The van der Waals surface area contributed by atoms with E-state index in [0.717, 1.165) is 19.4 Å². The molecule has 1 fully saturated rings. The molecule has 0 spiro atoms. The van der Waals surface area contributed by atoms with E-state index in [4.69, 9.17) is 4.74 Å². The molecule has 8 heteroatoms. The number of nitrogens with zero attached hydrogens (tertiary/aromatic N) is 3. The van der Waals surface area contributed by atoms with E-state index >= 15 is 0 Å². The van der Waals surface area contributed by atoms with E-state index in [9.17, 15) is 9.59 Å². The molecule has 2 aromatic heterocycles.